The van der Waals surface area contributed by atoms with E-state index in [2.05, 4.69) is 22.3 Å². The van der Waals surface area contributed by atoms with Crippen LogP contribution >= 0.6 is 11.8 Å². The summed E-state index contributed by atoms with van der Waals surface area (Å²) in [5.74, 6) is 8.14. The van der Waals surface area contributed by atoms with Gasteiger partial charge in [0.25, 0.3) is 0 Å². The zero-order chi connectivity index (χ0) is 13.7. The number of aromatic nitrogens is 2. The quantitative estimate of drug-likeness (QED) is 0.640. The molecule has 4 nitrogen and oxygen atoms in total. The van der Waals surface area contributed by atoms with Gasteiger partial charge in [0.1, 0.15) is 11.6 Å². The Labute approximate surface area is 119 Å². The number of hydrogen-bond acceptors (Lipinski definition) is 5. The number of anilines is 1. The largest absolute Gasteiger partial charge is 0.308 e. The summed E-state index contributed by atoms with van der Waals surface area (Å²) in [6.45, 7) is 4.14. The molecule has 1 aromatic rings. The van der Waals surface area contributed by atoms with Crippen molar-refractivity contribution in [3.63, 3.8) is 0 Å². The SMILES string of the molecule is CCc1c(C)nc(CSC2CCCCC2)nc1NN. The van der Waals surface area contributed by atoms with Gasteiger partial charge in [-0.05, 0) is 26.2 Å². The third-order valence-corrected chi connectivity index (χ3v) is 5.12. The smallest absolute Gasteiger partial charge is 0.147 e. The van der Waals surface area contributed by atoms with Gasteiger partial charge in [0, 0.05) is 16.5 Å². The van der Waals surface area contributed by atoms with Crippen molar-refractivity contribution in [1.29, 1.82) is 0 Å². The zero-order valence-corrected chi connectivity index (χ0v) is 12.7. The maximum atomic E-state index is 5.56. The van der Waals surface area contributed by atoms with Gasteiger partial charge in [0.2, 0.25) is 0 Å². The van der Waals surface area contributed by atoms with Gasteiger partial charge >= 0.3 is 0 Å². The fourth-order valence-electron chi connectivity index (χ4n) is 2.69. The van der Waals surface area contributed by atoms with Crippen molar-refractivity contribution >= 4 is 17.6 Å². The van der Waals surface area contributed by atoms with E-state index in [-0.39, 0.29) is 0 Å². The molecule has 0 atom stereocenters. The van der Waals surface area contributed by atoms with E-state index in [1.54, 1.807) is 0 Å². The van der Waals surface area contributed by atoms with Gasteiger partial charge in [0.15, 0.2) is 0 Å². The molecule has 0 saturated heterocycles. The molecule has 1 aliphatic rings. The van der Waals surface area contributed by atoms with Gasteiger partial charge in [-0.25, -0.2) is 15.8 Å². The van der Waals surface area contributed by atoms with Gasteiger partial charge < -0.3 is 5.43 Å². The first-order valence-electron chi connectivity index (χ1n) is 7.19. The van der Waals surface area contributed by atoms with E-state index in [1.165, 1.54) is 32.1 Å². The molecule has 0 unspecified atom stereocenters. The number of thioether (sulfide) groups is 1. The lowest BCUT2D eigenvalue weighted by Crippen LogP contribution is -2.15. The van der Waals surface area contributed by atoms with E-state index < -0.39 is 0 Å². The molecule has 19 heavy (non-hydrogen) atoms. The first-order chi connectivity index (χ1) is 9.24. The molecule has 106 valence electrons. The molecule has 0 aromatic carbocycles. The maximum absolute atomic E-state index is 5.56. The Hall–Kier alpha value is -0.810. The van der Waals surface area contributed by atoms with Crippen molar-refractivity contribution in [3.8, 4) is 0 Å². The minimum atomic E-state index is 0.786. The molecule has 1 fully saturated rings. The number of nitrogen functional groups attached to an aromatic ring is 1. The van der Waals surface area contributed by atoms with Gasteiger partial charge in [-0.3, -0.25) is 0 Å². The highest BCUT2D eigenvalue weighted by atomic mass is 32.2. The monoisotopic (exact) mass is 280 g/mol. The Morgan fingerprint density at radius 1 is 1.26 bits per heavy atom. The van der Waals surface area contributed by atoms with Crippen molar-refractivity contribution < 1.29 is 0 Å². The Balaban J connectivity index is 2.01. The molecule has 1 aliphatic carbocycles. The van der Waals surface area contributed by atoms with E-state index in [4.69, 9.17) is 5.84 Å². The fraction of sp³-hybridized carbons (Fsp3) is 0.714. The minimum absolute atomic E-state index is 0.786. The molecule has 1 heterocycles. The highest BCUT2D eigenvalue weighted by Gasteiger charge is 2.15. The van der Waals surface area contributed by atoms with E-state index in [0.29, 0.717) is 0 Å². The average Bonchev–Trinajstić information content (AvgIpc) is 2.45. The van der Waals surface area contributed by atoms with Crippen molar-refractivity contribution in [2.45, 2.75) is 63.4 Å². The van der Waals surface area contributed by atoms with Gasteiger partial charge in [-0.15, -0.1) is 0 Å². The van der Waals surface area contributed by atoms with Crippen LogP contribution in [0.15, 0.2) is 0 Å². The molecule has 5 heteroatoms. The lowest BCUT2D eigenvalue weighted by Gasteiger charge is -2.20. The van der Waals surface area contributed by atoms with E-state index >= 15 is 0 Å². The second-order valence-electron chi connectivity index (χ2n) is 5.12. The number of hydrazine groups is 1. The van der Waals surface area contributed by atoms with E-state index in [1.807, 2.05) is 18.7 Å². The van der Waals surface area contributed by atoms with Crippen LogP contribution in [0.4, 0.5) is 5.82 Å². The number of nitrogens with two attached hydrogens (primary N) is 1. The van der Waals surface area contributed by atoms with Crippen molar-refractivity contribution in [3.05, 3.63) is 17.1 Å². The third kappa shape index (κ3) is 3.83. The second kappa shape index (κ2) is 7.10. The Kier molecular flexibility index (Phi) is 5.45. The Morgan fingerprint density at radius 3 is 2.63 bits per heavy atom. The van der Waals surface area contributed by atoms with Gasteiger partial charge in [0.05, 0.1) is 5.75 Å². The van der Waals surface area contributed by atoms with Crippen LogP contribution in [-0.4, -0.2) is 15.2 Å². The highest BCUT2D eigenvalue weighted by molar-refractivity contribution is 7.99. The number of hydrogen-bond donors (Lipinski definition) is 2. The van der Waals surface area contributed by atoms with Gasteiger partial charge in [-0.2, -0.15) is 11.8 Å². The summed E-state index contributed by atoms with van der Waals surface area (Å²) >= 11 is 2.00. The topological polar surface area (TPSA) is 63.8 Å². The molecular formula is C14H24N4S. The molecule has 3 N–H and O–H groups in total. The maximum Gasteiger partial charge on any atom is 0.147 e. The number of rotatable bonds is 5. The van der Waals surface area contributed by atoms with Crippen molar-refractivity contribution in [2.24, 2.45) is 5.84 Å². The van der Waals surface area contributed by atoms with Crippen LogP contribution < -0.4 is 11.3 Å². The average molecular weight is 280 g/mol. The normalized spacial score (nSPS) is 16.6. The van der Waals surface area contributed by atoms with Crippen LogP contribution in [0, 0.1) is 6.92 Å². The molecular weight excluding hydrogens is 256 g/mol. The van der Waals surface area contributed by atoms with Crippen LogP contribution in [0.2, 0.25) is 0 Å². The lowest BCUT2D eigenvalue weighted by atomic mass is 10.0. The molecule has 0 spiro atoms. The summed E-state index contributed by atoms with van der Waals surface area (Å²) in [6.07, 6.45) is 7.75. The number of aryl methyl sites for hydroxylation is 1. The Morgan fingerprint density at radius 2 is 2.00 bits per heavy atom. The lowest BCUT2D eigenvalue weighted by molar-refractivity contribution is 0.516. The highest BCUT2D eigenvalue weighted by Crippen LogP contribution is 2.30. The first-order valence-corrected chi connectivity index (χ1v) is 8.24. The number of nitrogens with zero attached hydrogens (tertiary/aromatic N) is 2. The van der Waals surface area contributed by atoms with Crippen LogP contribution in [0.25, 0.3) is 0 Å². The zero-order valence-electron chi connectivity index (χ0n) is 11.9. The standard InChI is InChI=1S/C14H24N4S/c1-3-12-10(2)16-13(17-14(12)18-15)9-19-11-7-5-4-6-8-11/h11H,3-9,15H2,1-2H3,(H,16,17,18). The summed E-state index contributed by atoms with van der Waals surface area (Å²) in [5, 5.41) is 0.790. The Bertz CT molecular complexity index is 416. The van der Waals surface area contributed by atoms with Crippen molar-refractivity contribution in [2.75, 3.05) is 5.43 Å². The predicted octanol–water partition coefficient (Wildman–Crippen LogP) is 3.20. The van der Waals surface area contributed by atoms with Crippen LogP contribution in [0.5, 0.6) is 0 Å². The second-order valence-corrected chi connectivity index (χ2v) is 6.41. The molecule has 1 saturated carbocycles. The molecule has 0 amide bonds. The first kappa shape index (κ1) is 14.6. The van der Waals surface area contributed by atoms with Crippen LogP contribution in [-0.2, 0) is 12.2 Å². The summed E-state index contributed by atoms with van der Waals surface area (Å²) < 4.78 is 0. The number of nitrogens with one attached hydrogen (secondary N) is 1. The van der Waals surface area contributed by atoms with Crippen LogP contribution in [0.1, 0.15) is 56.1 Å². The molecule has 1 aromatic heterocycles. The molecule has 0 bridgehead atoms. The summed E-state index contributed by atoms with van der Waals surface area (Å²) in [4.78, 5) is 9.15. The summed E-state index contributed by atoms with van der Waals surface area (Å²) in [6, 6.07) is 0. The predicted molar refractivity (Wildman–Crippen MR) is 82.1 cm³/mol. The van der Waals surface area contributed by atoms with Gasteiger partial charge in [-0.1, -0.05) is 26.2 Å². The molecule has 0 radical (unpaired) electrons. The fourth-order valence-corrected chi connectivity index (χ4v) is 3.87. The molecule has 0 aliphatic heterocycles. The molecule has 2 rings (SSSR count). The minimum Gasteiger partial charge on any atom is -0.308 e. The van der Waals surface area contributed by atoms with Crippen LogP contribution in [0.3, 0.4) is 0 Å². The van der Waals surface area contributed by atoms with Crippen molar-refractivity contribution in [1.82, 2.24) is 9.97 Å². The third-order valence-electron chi connectivity index (χ3n) is 3.75. The van der Waals surface area contributed by atoms with E-state index in [9.17, 15) is 0 Å². The van der Waals surface area contributed by atoms with E-state index in [0.717, 1.165) is 40.3 Å². The summed E-state index contributed by atoms with van der Waals surface area (Å²) in [5.41, 5.74) is 4.87. The summed E-state index contributed by atoms with van der Waals surface area (Å²) in [7, 11) is 0.